The third-order valence-electron chi connectivity index (χ3n) is 5.45. The molecule has 0 atom stereocenters. The molecule has 1 heterocycles. The normalized spacial score (nSPS) is 13.5. The maximum Gasteiger partial charge on any atom is 0.349 e. The molecule has 0 radical (unpaired) electrons. The number of rotatable bonds is 6. The first-order chi connectivity index (χ1) is 17.1. The van der Waals surface area contributed by atoms with Gasteiger partial charge in [-0.3, -0.25) is 4.79 Å². The molecule has 5 nitrogen and oxygen atoms in total. The Kier molecular flexibility index (Phi) is 6.78. The van der Waals surface area contributed by atoms with Crippen LogP contribution in [0.4, 0.5) is 22.0 Å². The van der Waals surface area contributed by atoms with Gasteiger partial charge in [-0.1, -0.05) is 31.2 Å². The van der Waals surface area contributed by atoms with Crippen LogP contribution in [0.5, 0.6) is 17.2 Å². The van der Waals surface area contributed by atoms with E-state index in [4.69, 9.17) is 9.47 Å². The fourth-order valence-corrected chi connectivity index (χ4v) is 3.47. The van der Waals surface area contributed by atoms with E-state index in [1.165, 1.54) is 19.1 Å². The topological polar surface area (TPSA) is 61.8 Å². The lowest BCUT2D eigenvalue weighted by Gasteiger charge is -2.12. The molecule has 10 heteroatoms. The van der Waals surface area contributed by atoms with Crippen LogP contribution < -0.4 is 14.2 Å². The molecule has 186 valence electrons. The Morgan fingerprint density at radius 3 is 2.14 bits per heavy atom. The largest absolute Gasteiger partial charge is 0.476 e. The van der Waals surface area contributed by atoms with Gasteiger partial charge >= 0.3 is 5.97 Å². The Morgan fingerprint density at radius 2 is 1.53 bits per heavy atom. The molecule has 0 fully saturated rings. The highest BCUT2D eigenvalue weighted by Gasteiger charge is 2.31. The minimum absolute atomic E-state index is 0.0545. The summed E-state index contributed by atoms with van der Waals surface area (Å²) in [6, 6.07) is 10.2. The fourth-order valence-electron chi connectivity index (χ4n) is 3.47. The zero-order valence-electron chi connectivity index (χ0n) is 18.9. The van der Waals surface area contributed by atoms with Crippen molar-refractivity contribution in [2.24, 2.45) is 0 Å². The number of carbonyl (C=O) groups is 2. The minimum Gasteiger partial charge on any atom is -0.476 e. The molecular weight excluding hydrogens is 487 g/mol. The molecule has 0 N–H and O–H groups in total. The number of halogens is 5. The number of ether oxygens (including phenoxy) is 3. The van der Waals surface area contributed by atoms with Crippen molar-refractivity contribution in [2.75, 3.05) is 6.61 Å². The predicted octanol–water partition coefficient (Wildman–Crippen LogP) is 5.85. The summed E-state index contributed by atoms with van der Waals surface area (Å²) < 4.78 is 82.4. The second kappa shape index (κ2) is 9.80. The number of ketones is 1. The van der Waals surface area contributed by atoms with Crippen LogP contribution in [0.3, 0.4) is 0 Å². The molecule has 0 unspecified atom stereocenters. The van der Waals surface area contributed by atoms with Gasteiger partial charge in [0.2, 0.25) is 34.9 Å². The number of allylic oxidation sites excluding steroid dienone is 1. The molecule has 0 aromatic heterocycles. The monoisotopic (exact) mass is 504 g/mol. The first kappa shape index (κ1) is 24.9. The standard InChI is InChI=1S/C26H17F5O5/c1-3-13-4-6-14(7-5-13)10-17-24(33)15-8-9-16(12(2)25(15)36-17)35-18(32)11-34-26-22(30)20(28)19(27)21(29)23(26)31/h4-10H,3,11H2,1-2H3/b17-10-. The van der Waals surface area contributed by atoms with Gasteiger partial charge in [-0.15, -0.1) is 0 Å². The Balaban J connectivity index is 1.49. The Hall–Kier alpha value is -4.21. The van der Waals surface area contributed by atoms with Crippen LogP contribution >= 0.6 is 0 Å². The molecule has 3 aromatic rings. The molecule has 0 spiro atoms. The van der Waals surface area contributed by atoms with Gasteiger partial charge in [-0.25, -0.2) is 18.0 Å². The molecule has 36 heavy (non-hydrogen) atoms. The maximum atomic E-state index is 13.7. The van der Waals surface area contributed by atoms with Gasteiger partial charge in [-0.05, 0) is 42.7 Å². The number of benzene rings is 3. The lowest BCUT2D eigenvalue weighted by molar-refractivity contribution is -0.136. The van der Waals surface area contributed by atoms with Crippen molar-refractivity contribution in [3.8, 4) is 17.2 Å². The molecule has 4 rings (SSSR count). The van der Waals surface area contributed by atoms with E-state index in [0.717, 1.165) is 17.5 Å². The number of hydrogen-bond donors (Lipinski definition) is 0. The van der Waals surface area contributed by atoms with E-state index >= 15 is 0 Å². The van der Waals surface area contributed by atoms with E-state index in [1.807, 2.05) is 31.2 Å². The van der Waals surface area contributed by atoms with E-state index in [9.17, 15) is 31.5 Å². The summed E-state index contributed by atoms with van der Waals surface area (Å²) in [5, 5.41) is 0. The van der Waals surface area contributed by atoms with Crippen molar-refractivity contribution in [3.05, 3.63) is 93.5 Å². The number of esters is 1. The second-order valence-electron chi connectivity index (χ2n) is 7.76. The van der Waals surface area contributed by atoms with E-state index in [2.05, 4.69) is 4.74 Å². The van der Waals surface area contributed by atoms with Crippen LogP contribution in [-0.4, -0.2) is 18.4 Å². The molecule has 1 aliphatic rings. The summed E-state index contributed by atoms with van der Waals surface area (Å²) >= 11 is 0. The van der Waals surface area contributed by atoms with Gasteiger partial charge in [0.1, 0.15) is 11.5 Å². The molecule has 0 aliphatic carbocycles. The number of Topliss-reactive ketones (excluding diaryl/α,β-unsaturated/α-hetero) is 1. The maximum absolute atomic E-state index is 13.7. The van der Waals surface area contributed by atoms with Crippen LogP contribution in [0.1, 0.15) is 34.0 Å². The van der Waals surface area contributed by atoms with Crippen LogP contribution in [0.15, 0.2) is 42.2 Å². The molecule has 0 bridgehead atoms. The average Bonchev–Trinajstić information content (AvgIpc) is 3.19. The summed E-state index contributed by atoms with van der Waals surface area (Å²) in [5.74, 6) is -14.2. The predicted molar refractivity (Wildman–Crippen MR) is 117 cm³/mol. The van der Waals surface area contributed by atoms with Crippen molar-refractivity contribution < 1.29 is 45.8 Å². The summed E-state index contributed by atoms with van der Waals surface area (Å²) in [5.41, 5.74) is 2.39. The SMILES string of the molecule is CCc1ccc(/C=C2\Oc3c(ccc(OC(=O)COc4c(F)c(F)c(F)c(F)c4F)c3C)C2=O)cc1. The molecular formula is C26H17F5O5. The summed E-state index contributed by atoms with van der Waals surface area (Å²) in [6.07, 6.45) is 2.44. The fraction of sp³-hybridized carbons (Fsp3) is 0.154. The lowest BCUT2D eigenvalue weighted by Crippen LogP contribution is -2.20. The zero-order chi connectivity index (χ0) is 26.1. The number of aryl methyl sites for hydroxylation is 1. The van der Waals surface area contributed by atoms with Gasteiger partial charge in [0.25, 0.3) is 0 Å². The van der Waals surface area contributed by atoms with E-state index in [-0.39, 0.29) is 34.2 Å². The van der Waals surface area contributed by atoms with Gasteiger partial charge in [0, 0.05) is 5.56 Å². The van der Waals surface area contributed by atoms with Crippen molar-refractivity contribution >= 4 is 17.8 Å². The van der Waals surface area contributed by atoms with Crippen LogP contribution in [0.2, 0.25) is 0 Å². The summed E-state index contributed by atoms with van der Waals surface area (Å²) in [6.45, 7) is 2.37. The van der Waals surface area contributed by atoms with Gasteiger partial charge < -0.3 is 14.2 Å². The van der Waals surface area contributed by atoms with Crippen molar-refractivity contribution in [3.63, 3.8) is 0 Å². The van der Waals surface area contributed by atoms with Gasteiger partial charge in [0.15, 0.2) is 18.1 Å². The third kappa shape index (κ3) is 4.53. The van der Waals surface area contributed by atoms with E-state index < -0.39 is 47.4 Å². The highest BCUT2D eigenvalue weighted by atomic mass is 19.2. The zero-order valence-corrected chi connectivity index (χ0v) is 18.9. The minimum atomic E-state index is -2.35. The van der Waals surface area contributed by atoms with E-state index in [1.54, 1.807) is 6.08 Å². The van der Waals surface area contributed by atoms with Crippen LogP contribution in [0, 0.1) is 36.0 Å². The first-order valence-corrected chi connectivity index (χ1v) is 10.6. The van der Waals surface area contributed by atoms with Gasteiger partial charge in [0.05, 0.1) is 5.56 Å². The third-order valence-corrected chi connectivity index (χ3v) is 5.45. The molecule has 0 amide bonds. The van der Waals surface area contributed by atoms with Gasteiger partial charge in [-0.2, -0.15) is 8.78 Å². The Bertz CT molecular complexity index is 1380. The van der Waals surface area contributed by atoms with E-state index in [0.29, 0.717) is 0 Å². The quantitative estimate of drug-likeness (QED) is 0.105. The lowest BCUT2D eigenvalue weighted by atomic mass is 10.0. The van der Waals surface area contributed by atoms with Crippen LogP contribution in [0.25, 0.3) is 6.08 Å². The van der Waals surface area contributed by atoms with Crippen molar-refractivity contribution in [2.45, 2.75) is 20.3 Å². The number of fused-ring (bicyclic) bond motifs is 1. The molecule has 1 aliphatic heterocycles. The summed E-state index contributed by atoms with van der Waals surface area (Å²) in [4.78, 5) is 24.9. The Morgan fingerprint density at radius 1 is 0.917 bits per heavy atom. The number of hydrogen-bond acceptors (Lipinski definition) is 5. The molecule has 3 aromatic carbocycles. The highest BCUT2D eigenvalue weighted by molar-refractivity contribution is 6.15. The number of carbonyl (C=O) groups excluding carboxylic acids is 2. The highest BCUT2D eigenvalue weighted by Crippen LogP contribution is 2.39. The molecule has 0 saturated heterocycles. The Labute approximate surface area is 201 Å². The molecule has 0 saturated carbocycles. The average molecular weight is 504 g/mol. The second-order valence-corrected chi connectivity index (χ2v) is 7.76. The van der Waals surface area contributed by atoms with Crippen LogP contribution in [-0.2, 0) is 11.2 Å². The van der Waals surface area contributed by atoms with Crippen molar-refractivity contribution in [1.29, 1.82) is 0 Å². The van der Waals surface area contributed by atoms with Crippen molar-refractivity contribution in [1.82, 2.24) is 0 Å². The summed E-state index contributed by atoms with van der Waals surface area (Å²) in [7, 11) is 0. The smallest absolute Gasteiger partial charge is 0.349 e. The first-order valence-electron chi connectivity index (χ1n) is 10.6.